The standard InChI is InChI=1S/C19H16FN3O4/c20-13-6-12-8-21-4-3-14(12)15(7-13)18(24)23-5-1-2-11(9-23)17-16(19(25)26)22-10-27-17/h3-4,6-8,10-11H,1-2,5,9H2,(H,25,26). The highest BCUT2D eigenvalue weighted by atomic mass is 19.1. The molecule has 1 unspecified atom stereocenters. The minimum atomic E-state index is -1.16. The van der Waals surface area contributed by atoms with Gasteiger partial charge >= 0.3 is 5.97 Å². The minimum absolute atomic E-state index is 0.128. The highest BCUT2D eigenvalue weighted by molar-refractivity contribution is 6.06. The van der Waals surface area contributed by atoms with Crippen LogP contribution < -0.4 is 0 Å². The van der Waals surface area contributed by atoms with E-state index in [0.717, 1.165) is 6.39 Å². The van der Waals surface area contributed by atoms with Crippen molar-refractivity contribution in [3.63, 3.8) is 0 Å². The smallest absolute Gasteiger partial charge is 0.358 e. The van der Waals surface area contributed by atoms with Crippen LogP contribution in [0.5, 0.6) is 0 Å². The average molecular weight is 369 g/mol. The Morgan fingerprint density at radius 2 is 2.19 bits per heavy atom. The number of rotatable bonds is 3. The van der Waals surface area contributed by atoms with Crippen LogP contribution in [0.1, 0.15) is 45.4 Å². The van der Waals surface area contributed by atoms with E-state index < -0.39 is 11.8 Å². The van der Waals surface area contributed by atoms with Crippen LogP contribution in [0.2, 0.25) is 0 Å². The first-order valence-electron chi connectivity index (χ1n) is 8.54. The molecule has 0 bridgehead atoms. The molecule has 0 spiro atoms. The molecule has 0 saturated carbocycles. The lowest BCUT2D eigenvalue weighted by atomic mass is 9.93. The molecule has 3 heterocycles. The molecule has 1 atom stereocenters. The Bertz CT molecular complexity index is 1030. The minimum Gasteiger partial charge on any atom is -0.476 e. The van der Waals surface area contributed by atoms with Crippen molar-refractivity contribution < 1.29 is 23.5 Å². The first-order valence-corrected chi connectivity index (χ1v) is 8.54. The number of hydrogen-bond donors (Lipinski definition) is 1. The topological polar surface area (TPSA) is 96.5 Å². The number of fused-ring (bicyclic) bond motifs is 1. The fourth-order valence-electron chi connectivity index (χ4n) is 3.60. The first-order chi connectivity index (χ1) is 13.0. The van der Waals surface area contributed by atoms with Crippen LogP contribution in [-0.2, 0) is 0 Å². The van der Waals surface area contributed by atoms with Gasteiger partial charge in [-0.15, -0.1) is 0 Å². The van der Waals surface area contributed by atoms with Crippen LogP contribution in [-0.4, -0.2) is 44.9 Å². The number of benzene rings is 1. The van der Waals surface area contributed by atoms with E-state index in [1.807, 2.05) is 0 Å². The maximum absolute atomic E-state index is 14.0. The molecule has 4 rings (SSSR count). The summed E-state index contributed by atoms with van der Waals surface area (Å²) in [5, 5.41) is 10.4. The lowest BCUT2D eigenvalue weighted by Gasteiger charge is -2.32. The third kappa shape index (κ3) is 3.14. The lowest BCUT2D eigenvalue weighted by molar-refractivity contribution is 0.0682. The quantitative estimate of drug-likeness (QED) is 0.762. The van der Waals surface area contributed by atoms with Crippen molar-refractivity contribution in [2.75, 3.05) is 13.1 Å². The SMILES string of the molecule is O=C(O)c1ncoc1C1CCCN(C(=O)c2cc(F)cc3cnccc23)C1. The second kappa shape index (κ2) is 6.79. The zero-order valence-electron chi connectivity index (χ0n) is 14.3. The second-order valence-corrected chi connectivity index (χ2v) is 6.51. The molecule has 8 heteroatoms. The van der Waals surface area contributed by atoms with Crippen LogP contribution in [0.15, 0.2) is 41.4 Å². The molecule has 1 fully saturated rings. The normalized spacial score (nSPS) is 17.2. The van der Waals surface area contributed by atoms with Gasteiger partial charge in [-0.25, -0.2) is 14.2 Å². The summed E-state index contributed by atoms with van der Waals surface area (Å²) in [5.74, 6) is -1.96. The number of halogens is 1. The van der Waals surface area contributed by atoms with E-state index in [4.69, 9.17) is 4.42 Å². The van der Waals surface area contributed by atoms with E-state index in [0.29, 0.717) is 30.2 Å². The maximum Gasteiger partial charge on any atom is 0.358 e. The summed E-state index contributed by atoms with van der Waals surface area (Å²) in [7, 11) is 0. The van der Waals surface area contributed by atoms with Crippen molar-refractivity contribution in [3.8, 4) is 0 Å². The van der Waals surface area contributed by atoms with Crippen molar-refractivity contribution in [1.29, 1.82) is 0 Å². The summed E-state index contributed by atoms with van der Waals surface area (Å²) >= 11 is 0. The van der Waals surface area contributed by atoms with Gasteiger partial charge in [0.25, 0.3) is 5.91 Å². The van der Waals surface area contributed by atoms with Crippen LogP contribution >= 0.6 is 0 Å². The van der Waals surface area contributed by atoms with Gasteiger partial charge < -0.3 is 14.4 Å². The third-order valence-electron chi connectivity index (χ3n) is 4.82. The van der Waals surface area contributed by atoms with Crippen LogP contribution in [0, 0.1) is 5.82 Å². The van der Waals surface area contributed by atoms with E-state index in [1.54, 1.807) is 17.2 Å². The van der Waals surface area contributed by atoms with Gasteiger partial charge in [0.15, 0.2) is 12.1 Å². The summed E-state index contributed by atoms with van der Waals surface area (Å²) in [6.07, 6.45) is 5.55. The number of likely N-dealkylation sites (tertiary alicyclic amines) is 1. The molecule has 1 aromatic carbocycles. The predicted molar refractivity (Wildman–Crippen MR) is 93.0 cm³/mol. The van der Waals surface area contributed by atoms with Crippen LogP contribution in [0.4, 0.5) is 4.39 Å². The van der Waals surface area contributed by atoms with Gasteiger partial charge in [0, 0.05) is 36.8 Å². The molecule has 1 N–H and O–H groups in total. The van der Waals surface area contributed by atoms with Crippen molar-refractivity contribution in [1.82, 2.24) is 14.9 Å². The molecule has 27 heavy (non-hydrogen) atoms. The van der Waals surface area contributed by atoms with Gasteiger partial charge in [0.05, 0.1) is 5.56 Å². The summed E-state index contributed by atoms with van der Waals surface area (Å²) in [5.41, 5.74) is 0.139. The summed E-state index contributed by atoms with van der Waals surface area (Å²) in [4.78, 5) is 33.7. The van der Waals surface area contributed by atoms with Gasteiger partial charge in [0.1, 0.15) is 11.6 Å². The van der Waals surface area contributed by atoms with Crippen molar-refractivity contribution in [3.05, 3.63) is 59.8 Å². The molecule has 0 radical (unpaired) electrons. The zero-order chi connectivity index (χ0) is 19.0. The molecule has 1 amide bonds. The number of carboxylic acids is 1. The van der Waals surface area contributed by atoms with Gasteiger partial charge in [-0.1, -0.05) is 0 Å². The molecular formula is C19H16FN3O4. The monoisotopic (exact) mass is 369 g/mol. The Kier molecular flexibility index (Phi) is 4.31. The molecule has 1 aliphatic rings. The van der Waals surface area contributed by atoms with Crippen molar-refractivity contribution in [2.24, 2.45) is 0 Å². The summed E-state index contributed by atoms with van der Waals surface area (Å²) in [6.45, 7) is 0.798. The first kappa shape index (κ1) is 17.1. The fraction of sp³-hybridized carbons (Fsp3) is 0.263. The number of oxazole rings is 1. The Labute approximate surface area is 153 Å². The third-order valence-corrected chi connectivity index (χ3v) is 4.82. The number of carbonyl (C=O) groups is 2. The molecule has 0 aliphatic carbocycles. The largest absolute Gasteiger partial charge is 0.476 e. The molecule has 1 saturated heterocycles. The molecule has 2 aromatic heterocycles. The highest BCUT2D eigenvalue weighted by Crippen LogP contribution is 2.31. The Morgan fingerprint density at radius 1 is 1.33 bits per heavy atom. The number of aromatic carboxylic acids is 1. The van der Waals surface area contributed by atoms with Gasteiger partial charge in [-0.2, -0.15) is 0 Å². The van der Waals surface area contributed by atoms with Crippen LogP contribution in [0.25, 0.3) is 10.8 Å². The van der Waals surface area contributed by atoms with Gasteiger partial charge in [-0.05, 0) is 36.4 Å². The summed E-state index contributed by atoms with van der Waals surface area (Å²) in [6, 6.07) is 4.25. The number of amides is 1. The number of nitrogens with zero attached hydrogens (tertiary/aromatic N) is 3. The highest BCUT2D eigenvalue weighted by Gasteiger charge is 2.31. The Balaban J connectivity index is 1.65. The van der Waals surface area contributed by atoms with E-state index in [-0.39, 0.29) is 35.4 Å². The molecule has 7 nitrogen and oxygen atoms in total. The number of piperidine rings is 1. The van der Waals surface area contributed by atoms with Gasteiger partial charge in [-0.3, -0.25) is 9.78 Å². The fourth-order valence-corrected chi connectivity index (χ4v) is 3.60. The zero-order valence-corrected chi connectivity index (χ0v) is 14.3. The Hall–Kier alpha value is -3.29. The molecule has 138 valence electrons. The number of hydrogen-bond acceptors (Lipinski definition) is 5. The van der Waals surface area contributed by atoms with Gasteiger partial charge in [0.2, 0.25) is 0 Å². The predicted octanol–water partition coefficient (Wildman–Crippen LogP) is 3.08. The lowest BCUT2D eigenvalue weighted by Crippen LogP contribution is -2.39. The summed E-state index contributed by atoms with van der Waals surface area (Å²) < 4.78 is 19.3. The molecule has 3 aromatic rings. The average Bonchev–Trinajstić information content (AvgIpc) is 3.17. The number of carbonyl (C=O) groups excluding carboxylic acids is 1. The van der Waals surface area contributed by atoms with E-state index >= 15 is 0 Å². The number of carboxylic acid groups (broad SMARTS) is 1. The van der Waals surface area contributed by atoms with E-state index in [2.05, 4.69) is 9.97 Å². The second-order valence-electron chi connectivity index (χ2n) is 6.51. The van der Waals surface area contributed by atoms with Crippen molar-refractivity contribution >= 4 is 22.6 Å². The number of pyridine rings is 1. The molecular weight excluding hydrogens is 353 g/mol. The van der Waals surface area contributed by atoms with E-state index in [1.165, 1.54) is 18.3 Å². The Morgan fingerprint density at radius 3 is 3.00 bits per heavy atom. The number of aromatic nitrogens is 2. The van der Waals surface area contributed by atoms with Crippen LogP contribution in [0.3, 0.4) is 0 Å². The van der Waals surface area contributed by atoms with Crippen molar-refractivity contribution in [2.45, 2.75) is 18.8 Å². The van der Waals surface area contributed by atoms with E-state index in [9.17, 15) is 19.1 Å². The maximum atomic E-state index is 14.0. The molecule has 1 aliphatic heterocycles.